The number of rotatable bonds is 5. The lowest BCUT2D eigenvalue weighted by molar-refractivity contribution is 0.176. The zero-order chi connectivity index (χ0) is 14.9. The lowest BCUT2D eigenvalue weighted by Crippen LogP contribution is -2.49. The number of fused-ring (bicyclic) bond motifs is 1. The molecule has 20 heavy (non-hydrogen) atoms. The SMILES string of the molecule is CCN(C)S(=O)(=O)NC(C)C1Oc2ccccc2C1C. The minimum absolute atomic E-state index is 0.163. The molecule has 5 nitrogen and oxygen atoms in total. The van der Waals surface area contributed by atoms with Crippen molar-refractivity contribution >= 4 is 10.2 Å². The van der Waals surface area contributed by atoms with Crippen molar-refractivity contribution in [3.8, 4) is 5.75 Å². The van der Waals surface area contributed by atoms with Crippen LogP contribution in [0.4, 0.5) is 0 Å². The summed E-state index contributed by atoms with van der Waals surface area (Å²) in [5.41, 5.74) is 1.13. The summed E-state index contributed by atoms with van der Waals surface area (Å²) in [4.78, 5) is 0. The number of nitrogens with one attached hydrogen (secondary N) is 1. The van der Waals surface area contributed by atoms with Gasteiger partial charge in [-0.25, -0.2) is 0 Å². The second-order valence-electron chi connectivity index (χ2n) is 5.23. The van der Waals surface area contributed by atoms with Crippen LogP contribution in [0.5, 0.6) is 5.75 Å². The Morgan fingerprint density at radius 3 is 2.65 bits per heavy atom. The van der Waals surface area contributed by atoms with E-state index in [9.17, 15) is 8.42 Å². The summed E-state index contributed by atoms with van der Waals surface area (Å²) >= 11 is 0. The van der Waals surface area contributed by atoms with Crippen LogP contribution in [-0.4, -0.2) is 38.5 Å². The third-order valence-electron chi connectivity index (χ3n) is 3.85. The van der Waals surface area contributed by atoms with Gasteiger partial charge in [-0.2, -0.15) is 17.4 Å². The van der Waals surface area contributed by atoms with Crippen LogP contribution in [0.15, 0.2) is 24.3 Å². The summed E-state index contributed by atoms with van der Waals surface area (Å²) in [7, 11) is -1.90. The number of benzene rings is 1. The molecule has 3 unspecified atom stereocenters. The van der Waals surface area contributed by atoms with Gasteiger partial charge in [-0.15, -0.1) is 0 Å². The van der Waals surface area contributed by atoms with E-state index in [2.05, 4.69) is 11.6 Å². The maximum Gasteiger partial charge on any atom is 0.279 e. The molecule has 0 bridgehead atoms. The van der Waals surface area contributed by atoms with Gasteiger partial charge in [0.1, 0.15) is 11.9 Å². The first kappa shape index (κ1) is 15.3. The summed E-state index contributed by atoms with van der Waals surface area (Å²) in [6, 6.07) is 7.55. The molecule has 0 spiro atoms. The van der Waals surface area contributed by atoms with Crippen molar-refractivity contribution in [2.24, 2.45) is 0 Å². The van der Waals surface area contributed by atoms with Gasteiger partial charge in [0.25, 0.3) is 10.2 Å². The average molecular weight is 298 g/mol. The summed E-state index contributed by atoms with van der Waals surface area (Å²) < 4.78 is 34.0. The van der Waals surface area contributed by atoms with Crippen LogP contribution >= 0.6 is 0 Å². The highest BCUT2D eigenvalue weighted by Gasteiger charge is 2.36. The van der Waals surface area contributed by atoms with E-state index in [1.54, 1.807) is 14.0 Å². The second kappa shape index (κ2) is 5.71. The monoisotopic (exact) mass is 298 g/mol. The molecule has 0 fully saturated rings. The molecule has 1 heterocycles. The third-order valence-corrected chi connectivity index (χ3v) is 5.60. The smallest absolute Gasteiger partial charge is 0.279 e. The largest absolute Gasteiger partial charge is 0.488 e. The molecular weight excluding hydrogens is 276 g/mol. The molecule has 1 aromatic rings. The van der Waals surface area contributed by atoms with Gasteiger partial charge in [-0.3, -0.25) is 0 Å². The quantitative estimate of drug-likeness (QED) is 0.900. The topological polar surface area (TPSA) is 58.6 Å². The lowest BCUT2D eigenvalue weighted by atomic mass is 9.94. The van der Waals surface area contributed by atoms with Crippen molar-refractivity contribution in [2.45, 2.75) is 38.8 Å². The van der Waals surface area contributed by atoms with Crippen molar-refractivity contribution in [1.29, 1.82) is 0 Å². The fraction of sp³-hybridized carbons (Fsp3) is 0.571. The zero-order valence-corrected chi connectivity index (χ0v) is 13.1. The maximum atomic E-state index is 12.1. The number of nitrogens with zero attached hydrogens (tertiary/aromatic N) is 1. The minimum Gasteiger partial charge on any atom is -0.488 e. The molecule has 0 aromatic heterocycles. The fourth-order valence-corrected chi connectivity index (χ4v) is 3.61. The van der Waals surface area contributed by atoms with Gasteiger partial charge in [-0.05, 0) is 13.0 Å². The Morgan fingerprint density at radius 1 is 1.40 bits per heavy atom. The van der Waals surface area contributed by atoms with E-state index in [0.29, 0.717) is 6.54 Å². The summed E-state index contributed by atoms with van der Waals surface area (Å²) in [6.07, 6.45) is -0.188. The van der Waals surface area contributed by atoms with Crippen LogP contribution < -0.4 is 9.46 Å². The zero-order valence-electron chi connectivity index (χ0n) is 12.3. The van der Waals surface area contributed by atoms with Crippen LogP contribution in [0, 0.1) is 0 Å². The number of hydrogen-bond donors (Lipinski definition) is 1. The first-order chi connectivity index (χ1) is 9.36. The Hall–Kier alpha value is -1.11. The predicted molar refractivity (Wildman–Crippen MR) is 79.1 cm³/mol. The summed E-state index contributed by atoms with van der Waals surface area (Å²) in [5.74, 6) is 1.01. The van der Waals surface area contributed by atoms with Crippen molar-refractivity contribution in [3.05, 3.63) is 29.8 Å². The molecule has 1 aliphatic rings. The summed E-state index contributed by atoms with van der Waals surface area (Å²) in [5, 5.41) is 0. The van der Waals surface area contributed by atoms with Gasteiger partial charge in [0, 0.05) is 25.1 Å². The molecule has 0 amide bonds. The first-order valence-electron chi connectivity index (χ1n) is 6.86. The number of hydrogen-bond acceptors (Lipinski definition) is 3. The van der Waals surface area contributed by atoms with Gasteiger partial charge >= 0.3 is 0 Å². The normalized spacial score (nSPS) is 23.4. The van der Waals surface area contributed by atoms with E-state index < -0.39 is 10.2 Å². The van der Waals surface area contributed by atoms with Crippen molar-refractivity contribution in [3.63, 3.8) is 0 Å². The Morgan fingerprint density at radius 2 is 2.05 bits per heavy atom. The van der Waals surface area contributed by atoms with E-state index >= 15 is 0 Å². The van der Waals surface area contributed by atoms with E-state index in [0.717, 1.165) is 11.3 Å². The standard InChI is InChI=1S/C14H22N2O3S/c1-5-16(4)20(17,18)15-11(3)14-10(2)12-8-6-7-9-13(12)19-14/h6-11,14-15H,5H2,1-4H3. The van der Waals surface area contributed by atoms with Crippen LogP contribution in [0.1, 0.15) is 32.3 Å². The molecule has 1 N–H and O–H groups in total. The van der Waals surface area contributed by atoms with Crippen LogP contribution in [-0.2, 0) is 10.2 Å². The molecule has 0 radical (unpaired) electrons. The second-order valence-corrected chi connectivity index (χ2v) is 7.04. The van der Waals surface area contributed by atoms with Crippen molar-refractivity contribution in [2.75, 3.05) is 13.6 Å². The Balaban J connectivity index is 2.11. The van der Waals surface area contributed by atoms with Crippen LogP contribution in [0.2, 0.25) is 0 Å². The van der Waals surface area contributed by atoms with Gasteiger partial charge in [0.05, 0.1) is 6.04 Å². The third kappa shape index (κ3) is 2.82. The number of ether oxygens (including phenoxy) is 1. The van der Waals surface area contributed by atoms with Crippen LogP contribution in [0.3, 0.4) is 0 Å². The maximum absolute atomic E-state index is 12.1. The van der Waals surface area contributed by atoms with E-state index in [1.807, 2.05) is 31.2 Å². The van der Waals surface area contributed by atoms with Crippen molar-refractivity contribution in [1.82, 2.24) is 9.03 Å². The Labute approximate surface area is 121 Å². The molecule has 1 aliphatic heterocycles. The van der Waals surface area contributed by atoms with E-state index in [1.165, 1.54) is 4.31 Å². The fourth-order valence-electron chi connectivity index (χ4n) is 2.49. The molecule has 112 valence electrons. The molecule has 0 saturated heterocycles. The highest BCUT2D eigenvalue weighted by molar-refractivity contribution is 7.87. The van der Waals surface area contributed by atoms with E-state index in [4.69, 9.17) is 4.74 Å². The molecule has 0 saturated carbocycles. The molecule has 6 heteroatoms. The highest BCUT2D eigenvalue weighted by Crippen LogP contribution is 2.38. The summed E-state index contributed by atoms with van der Waals surface area (Å²) in [6.45, 7) is 6.14. The predicted octanol–water partition coefficient (Wildman–Crippen LogP) is 1.73. The molecule has 1 aromatic carbocycles. The molecule has 3 atom stereocenters. The van der Waals surface area contributed by atoms with Gasteiger partial charge in [-0.1, -0.05) is 32.0 Å². The molecular formula is C14H22N2O3S. The number of para-hydroxylation sites is 1. The first-order valence-corrected chi connectivity index (χ1v) is 8.30. The van der Waals surface area contributed by atoms with Gasteiger partial charge in [0.2, 0.25) is 0 Å². The molecule has 0 aliphatic carbocycles. The Bertz CT molecular complexity index is 574. The highest BCUT2D eigenvalue weighted by atomic mass is 32.2. The Kier molecular flexibility index (Phi) is 4.36. The van der Waals surface area contributed by atoms with Gasteiger partial charge in [0.15, 0.2) is 0 Å². The van der Waals surface area contributed by atoms with Gasteiger partial charge < -0.3 is 4.74 Å². The van der Waals surface area contributed by atoms with E-state index in [-0.39, 0.29) is 18.1 Å². The lowest BCUT2D eigenvalue weighted by Gasteiger charge is -2.26. The van der Waals surface area contributed by atoms with Crippen LogP contribution in [0.25, 0.3) is 0 Å². The van der Waals surface area contributed by atoms with Crippen molar-refractivity contribution < 1.29 is 13.2 Å². The average Bonchev–Trinajstić information content (AvgIpc) is 2.75. The minimum atomic E-state index is -3.45. The molecule has 2 rings (SSSR count).